The minimum Gasteiger partial charge on any atom is -0.485 e. The minimum atomic E-state index is -1.08. The van der Waals surface area contributed by atoms with Crippen LogP contribution in [0, 0.1) is 11.6 Å². The van der Waals surface area contributed by atoms with Crippen LogP contribution in [0.25, 0.3) is 17.1 Å². The van der Waals surface area contributed by atoms with Gasteiger partial charge in [0.1, 0.15) is 45.2 Å². The van der Waals surface area contributed by atoms with Crippen molar-refractivity contribution in [1.82, 2.24) is 19.5 Å². The van der Waals surface area contributed by atoms with Gasteiger partial charge in [0.15, 0.2) is 5.82 Å². The van der Waals surface area contributed by atoms with Crippen LogP contribution in [0.2, 0.25) is 5.02 Å². The van der Waals surface area contributed by atoms with Crippen LogP contribution in [0.1, 0.15) is 48.6 Å². The van der Waals surface area contributed by atoms with Crippen molar-refractivity contribution < 1.29 is 18.6 Å². The summed E-state index contributed by atoms with van der Waals surface area (Å²) in [7, 11) is 0. The molecule has 0 atom stereocenters. The van der Waals surface area contributed by atoms with Crippen LogP contribution in [0.5, 0.6) is 5.75 Å². The van der Waals surface area contributed by atoms with Crippen LogP contribution in [-0.2, 0) is 25.0 Å². The number of aryl methyl sites for hydroxylation is 2. The number of hydrogen-bond acceptors (Lipinski definition) is 7. The van der Waals surface area contributed by atoms with Gasteiger partial charge in [-0.15, -0.1) is 11.3 Å². The van der Waals surface area contributed by atoms with E-state index in [-0.39, 0.29) is 23.1 Å². The van der Waals surface area contributed by atoms with Gasteiger partial charge < -0.3 is 9.84 Å². The molecule has 4 aromatic rings. The summed E-state index contributed by atoms with van der Waals surface area (Å²) < 4.78 is 34.4. The van der Waals surface area contributed by atoms with Gasteiger partial charge in [0.25, 0.3) is 5.56 Å². The first-order valence-corrected chi connectivity index (χ1v) is 12.9. The molecule has 4 aromatic heterocycles. The number of thiazole rings is 1. The lowest BCUT2D eigenvalue weighted by atomic mass is 10.0. The molecule has 0 fully saturated rings. The van der Waals surface area contributed by atoms with Gasteiger partial charge >= 0.3 is 0 Å². The largest absolute Gasteiger partial charge is 0.485 e. The zero-order chi connectivity index (χ0) is 26.3. The van der Waals surface area contributed by atoms with Crippen molar-refractivity contribution in [3.05, 3.63) is 84.9 Å². The van der Waals surface area contributed by atoms with E-state index < -0.39 is 22.8 Å². The first kappa shape index (κ1) is 25.4. The molecule has 1 aliphatic heterocycles. The molecule has 1 N–H and O–H groups in total. The minimum absolute atomic E-state index is 0.0981. The molecule has 0 radical (unpaired) electrons. The molecule has 11 heteroatoms. The highest BCUT2D eigenvalue weighted by Crippen LogP contribution is 2.32. The Kier molecular flexibility index (Phi) is 6.82. The van der Waals surface area contributed by atoms with Gasteiger partial charge in [-0.25, -0.2) is 13.8 Å². The second-order valence-electron chi connectivity index (χ2n) is 9.33. The van der Waals surface area contributed by atoms with Crippen LogP contribution in [0.4, 0.5) is 8.78 Å². The molecule has 0 amide bonds. The maximum Gasteiger partial charge on any atom is 0.277 e. The zero-order valence-electron chi connectivity index (χ0n) is 20.1. The predicted molar refractivity (Wildman–Crippen MR) is 136 cm³/mol. The monoisotopic (exact) mass is 544 g/mol. The lowest BCUT2D eigenvalue weighted by Crippen LogP contribution is -2.25. The van der Waals surface area contributed by atoms with E-state index >= 15 is 0 Å². The molecule has 5 rings (SSSR count). The predicted octanol–water partition coefficient (Wildman–Crippen LogP) is 5.37. The Morgan fingerprint density at radius 2 is 1.92 bits per heavy atom. The van der Waals surface area contributed by atoms with Crippen molar-refractivity contribution in [2.24, 2.45) is 0 Å². The summed E-state index contributed by atoms with van der Waals surface area (Å²) >= 11 is 7.78. The summed E-state index contributed by atoms with van der Waals surface area (Å²) in [6.45, 7) is 3.02. The Morgan fingerprint density at radius 1 is 1.14 bits per heavy atom. The number of pyridine rings is 3. The molecule has 1 aliphatic rings. The standard InChI is InChI=1S/C26H23ClF2N4O3S/c1-26(2,35)25-32-20(13-37-25)18-9-21-14(10-30-18)5-3-4-6-16-8-22(23(27)24(34)33(16)21)36-12-19-17(29)7-15(28)11-31-19/h7-11,13,35H,3-6,12H2,1-2H3. The summed E-state index contributed by atoms with van der Waals surface area (Å²) in [6.07, 6.45) is 5.71. The average molecular weight is 545 g/mol. The Morgan fingerprint density at radius 3 is 2.65 bits per heavy atom. The van der Waals surface area contributed by atoms with Crippen LogP contribution in [0.15, 0.2) is 40.8 Å². The number of aliphatic hydroxyl groups is 1. The second-order valence-corrected chi connectivity index (χ2v) is 10.6. The molecule has 0 aliphatic carbocycles. The van der Waals surface area contributed by atoms with E-state index in [1.165, 1.54) is 11.3 Å². The van der Waals surface area contributed by atoms with E-state index in [2.05, 4.69) is 15.0 Å². The van der Waals surface area contributed by atoms with E-state index in [0.717, 1.165) is 37.1 Å². The van der Waals surface area contributed by atoms with Gasteiger partial charge in [-0.05, 0) is 51.2 Å². The van der Waals surface area contributed by atoms with Gasteiger partial charge in [0.05, 0.1) is 17.6 Å². The average Bonchev–Trinajstić information content (AvgIpc) is 3.34. The molecule has 37 heavy (non-hydrogen) atoms. The fourth-order valence-electron chi connectivity index (χ4n) is 4.17. The molecule has 0 aromatic carbocycles. The molecule has 0 spiro atoms. The van der Waals surface area contributed by atoms with Gasteiger partial charge in [0, 0.05) is 29.4 Å². The molecule has 0 unspecified atom stereocenters. The SMILES string of the molecule is CC(C)(O)c1nc(-c2cc3c(cn2)CCCCc2cc(OCc4ncc(F)cc4F)c(Cl)c(=O)n2-3)cs1. The number of aromatic nitrogens is 4. The number of rotatable bonds is 5. The van der Waals surface area contributed by atoms with Gasteiger partial charge in [-0.1, -0.05) is 11.6 Å². The third-order valence-corrected chi connectivity index (χ3v) is 7.57. The molecule has 0 saturated carbocycles. The highest BCUT2D eigenvalue weighted by atomic mass is 35.5. The number of hydrogen-bond donors (Lipinski definition) is 1. The summed E-state index contributed by atoms with van der Waals surface area (Å²) in [5, 5.41) is 12.5. The number of fused-ring (bicyclic) bond motifs is 3. The lowest BCUT2D eigenvalue weighted by Gasteiger charge is -2.21. The molecule has 0 bridgehead atoms. The quantitative estimate of drug-likeness (QED) is 0.363. The molecule has 192 valence electrons. The van der Waals surface area contributed by atoms with Gasteiger partial charge in [0.2, 0.25) is 0 Å². The van der Waals surface area contributed by atoms with Crippen molar-refractivity contribution in [2.45, 2.75) is 51.7 Å². The maximum absolute atomic E-state index is 14.0. The number of nitrogens with zero attached hydrogens (tertiary/aromatic N) is 4. The molecule has 0 saturated heterocycles. The summed E-state index contributed by atoms with van der Waals surface area (Å²) in [5.41, 5.74) is 1.75. The third-order valence-electron chi connectivity index (χ3n) is 6.06. The molecule has 5 heterocycles. The van der Waals surface area contributed by atoms with E-state index in [1.54, 1.807) is 30.7 Å². The summed E-state index contributed by atoms with van der Waals surface area (Å²) in [6, 6.07) is 4.21. The Balaban J connectivity index is 1.55. The van der Waals surface area contributed by atoms with E-state index in [0.29, 0.717) is 34.2 Å². The van der Waals surface area contributed by atoms with Crippen LogP contribution < -0.4 is 10.3 Å². The first-order chi connectivity index (χ1) is 17.6. The highest BCUT2D eigenvalue weighted by Gasteiger charge is 2.24. The van der Waals surface area contributed by atoms with E-state index in [9.17, 15) is 18.7 Å². The fourth-order valence-corrected chi connectivity index (χ4v) is 5.20. The Bertz CT molecular complexity index is 1550. The molecule has 7 nitrogen and oxygen atoms in total. The van der Waals surface area contributed by atoms with Crippen molar-refractivity contribution in [2.75, 3.05) is 0 Å². The maximum atomic E-state index is 14.0. The van der Waals surface area contributed by atoms with Gasteiger partial charge in [-0.2, -0.15) is 0 Å². The zero-order valence-corrected chi connectivity index (χ0v) is 21.7. The van der Waals surface area contributed by atoms with Crippen LogP contribution >= 0.6 is 22.9 Å². The highest BCUT2D eigenvalue weighted by molar-refractivity contribution is 7.10. The van der Waals surface area contributed by atoms with Crippen LogP contribution in [0.3, 0.4) is 0 Å². The third kappa shape index (κ3) is 5.14. The van der Waals surface area contributed by atoms with Crippen LogP contribution in [-0.4, -0.2) is 24.6 Å². The van der Waals surface area contributed by atoms with Crippen molar-refractivity contribution in [3.63, 3.8) is 0 Å². The molecular weight excluding hydrogens is 522 g/mol. The fraction of sp³-hybridized carbons (Fsp3) is 0.308. The smallest absolute Gasteiger partial charge is 0.277 e. The number of halogens is 3. The Labute approximate surface area is 220 Å². The van der Waals surface area contributed by atoms with E-state index in [4.69, 9.17) is 16.3 Å². The van der Waals surface area contributed by atoms with Crippen molar-refractivity contribution in [3.8, 4) is 22.8 Å². The Hall–Kier alpha value is -3.21. The van der Waals surface area contributed by atoms with Crippen molar-refractivity contribution >= 4 is 22.9 Å². The van der Waals surface area contributed by atoms with Gasteiger partial charge in [-0.3, -0.25) is 19.3 Å². The summed E-state index contributed by atoms with van der Waals surface area (Å²) in [4.78, 5) is 26.3. The van der Waals surface area contributed by atoms with Crippen molar-refractivity contribution in [1.29, 1.82) is 0 Å². The first-order valence-electron chi connectivity index (χ1n) is 11.7. The lowest BCUT2D eigenvalue weighted by molar-refractivity contribution is 0.0783. The summed E-state index contributed by atoms with van der Waals surface area (Å²) in [5.74, 6) is -1.53. The topological polar surface area (TPSA) is 90.1 Å². The normalized spacial score (nSPS) is 13.5. The second kappa shape index (κ2) is 9.92. The number of ether oxygens (including phenoxy) is 1. The van der Waals surface area contributed by atoms with E-state index in [1.807, 2.05) is 11.4 Å². The molecular formula is C26H23ClF2N4O3S.